The standard InChI is InChI=1S/C14H12ClN3OS2/c1-8-12(21-9(2)16-8)13-17-18-14(19-13)20-7-10-4-3-5-11(15)6-10/h3-6H,7H2,1-2H3. The first-order valence-corrected chi connectivity index (χ1v) is 8.45. The van der Waals surface area contributed by atoms with Crippen LogP contribution in [0.1, 0.15) is 16.3 Å². The van der Waals surface area contributed by atoms with Gasteiger partial charge < -0.3 is 4.42 Å². The van der Waals surface area contributed by atoms with Gasteiger partial charge in [0.15, 0.2) is 0 Å². The summed E-state index contributed by atoms with van der Waals surface area (Å²) in [5, 5.41) is 10.4. The fourth-order valence-corrected chi connectivity index (χ4v) is 3.62. The summed E-state index contributed by atoms with van der Waals surface area (Å²) in [5.41, 5.74) is 2.05. The van der Waals surface area contributed by atoms with E-state index in [9.17, 15) is 0 Å². The van der Waals surface area contributed by atoms with Crippen molar-refractivity contribution < 1.29 is 4.42 Å². The van der Waals surface area contributed by atoms with Crippen molar-refractivity contribution in [1.82, 2.24) is 15.2 Å². The highest BCUT2D eigenvalue weighted by Gasteiger charge is 2.15. The van der Waals surface area contributed by atoms with E-state index in [1.807, 2.05) is 38.1 Å². The zero-order valence-electron chi connectivity index (χ0n) is 11.5. The van der Waals surface area contributed by atoms with Crippen molar-refractivity contribution in [1.29, 1.82) is 0 Å². The zero-order chi connectivity index (χ0) is 14.8. The Labute approximate surface area is 135 Å². The molecule has 0 aliphatic heterocycles. The summed E-state index contributed by atoms with van der Waals surface area (Å²) in [6.07, 6.45) is 0. The van der Waals surface area contributed by atoms with Crippen LogP contribution >= 0.6 is 34.7 Å². The third kappa shape index (κ3) is 3.45. The molecule has 3 aromatic rings. The maximum absolute atomic E-state index is 5.96. The molecular weight excluding hydrogens is 326 g/mol. The number of hydrogen-bond acceptors (Lipinski definition) is 6. The lowest BCUT2D eigenvalue weighted by molar-refractivity contribution is 0.466. The number of halogens is 1. The fourth-order valence-electron chi connectivity index (χ4n) is 1.86. The van der Waals surface area contributed by atoms with E-state index in [0.29, 0.717) is 11.1 Å². The summed E-state index contributed by atoms with van der Waals surface area (Å²) in [7, 11) is 0. The Morgan fingerprint density at radius 1 is 1.29 bits per heavy atom. The molecule has 0 amide bonds. The average Bonchev–Trinajstić information content (AvgIpc) is 3.03. The number of benzene rings is 1. The number of thiazole rings is 1. The lowest BCUT2D eigenvalue weighted by atomic mass is 10.2. The minimum atomic E-state index is 0.534. The van der Waals surface area contributed by atoms with Crippen LogP contribution in [-0.2, 0) is 5.75 Å². The van der Waals surface area contributed by atoms with Gasteiger partial charge in [-0.1, -0.05) is 35.5 Å². The summed E-state index contributed by atoms with van der Waals surface area (Å²) < 4.78 is 5.69. The van der Waals surface area contributed by atoms with Crippen molar-refractivity contribution in [2.24, 2.45) is 0 Å². The van der Waals surface area contributed by atoms with Gasteiger partial charge in [0.1, 0.15) is 4.88 Å². The first kappa shape index (κ1) is 14.6. The van der Waals surface area contributed by atoms with Gasteiger partial charge in [0.05, 0.1) is 10.7 Å². The molecule has 4 nitrogen and oxygen atoms in total. The van der Waals surface area contributed by atoms with Crippen molar-refractivity contribution in [3.8, 4) is 10.8 Å². The lowest BCUT2D eigenvalue weighted by Crippen LogP contribution is -1.80. The normalized spacial score (nSPS) is 11.0. The Morgan fingerprint density at radius 3 is 2.86 bits per heavy atom. The molecular formula is C14H12ClN3OS2. The Morgan fingerprint density at radius 2 is 2.14 bits per heavy atom. The number of thioether (sulfide) groups is 1. The van der Waals surface area contributed by atoms with E-state index in [2.05, 4.69) is 15.2 Å². The van der Waals surface area contributed by atoms with E-state index in [1.165, 1.54) is 11.8 Å². The van der Waals surface area contributed by atoms with Gasteiger partial charge in [-0.3, -0.25) is 0 Å². The minimum Gasteiger partial charge on any atom is -0.410 e. The third-order valence-corrected chi connectivity index (χ3v) is 4.94. The molecule has 0 N–H and O–H groups in total. The van der Waals surface area contributed by atoms with Gasteiger partial charge in [0.2, 0.25) is 0 Å². The molecule has 2 heterocycles. The van der Waals surface area contributed by atoms with Crippen molar-refractivity contribution >= 4 is 34.7 Å². The summed E-state index contributed by atoms with van der Waals surface area (Å²) in [5.74, 6) is 1.27. The molecule has 0 unspecified atom stereocenters. The van der Waals surface area contributed by atoms with Gasteiger partial charge in [0, 0.05) is 10.8 Å². The monoisotopic (exact) mass is 337 g/mol. The van der Waals surface area contributed by atoms with Crippen LogP contribution < -0.4 is 0 Å². The van der Waals surface area contributed by atoms with Crippen molar-refractivity contribution in [2.45, 2.75) is 24.8 Å². The number of hydrogen-bond donors (Lipinski definition) is 0. The number of aromatic nitrogens is 3. The molecule has 0 bridgehead atoms. The van der Waals surface area contributed by atoms with E-state index >= 15 is 0 Å². The Kier molecular flexibility index (Phi) is 4.28. The predicted octanol–water partition coefficient (Wildman–Crippen LogP) is 4.76. The first-order chi connectivity index (χ1) is 10.1. The predicted molar refractivity (Wildman–Crippen MR) is 85.9 cm³/mol. The molecule has 0 saturated carbocycles. The van der Waals surface area contributed by atoms with E-state index in [-0.39, 0.29) is 0 Å². The Hall–Kier alpha value is -1.37. The van der Waals surface area contributed by atoms with Crippen LogP contribution in [0.15, 0.2) is 33.9 Å². The molecule has 21 heavy (non-hydrogen) atoms. The quantitative estimate of drug-likeness (QED) is 0.643. The van der Waals surface area contributed by atoms with Gasteiger partial charge >= 0.3 is 0 Å². The SMILES string of the molecule is Cc1nc(C)c(-c2nnc(SCc3cccc(Cl)c3)o2)s1. The highest BCUT2D eigenvalue weighted by molar-refractivity contribution is 7.98. The molecule has 1 aromatic carbocycles. The fraction of sp³-hybridized carbons (Fsp3) is 0.214. The second-order valence-electron chi connectivity index (χ2n) is 4.44. The highest BCUT2D eigenvalue weighted by Crippen LogP contribution is 2.31. The van der Waals surface area contributed by atoms with E-state index in [0.717, 1.165) is 31.9 Å². The summed E-state index contributed by atoms with van der Waals surface area (Å²) >= 11 is 9.02. The number of aryl methyl sites for hydroxylation is 2. The van der Waals surface area contributed by atoms with Crippen LogP contribution in [0.5, 0.6) is 0 Å². The molecule has 2 aromatic heterocycles. The molecule has 0 saturated heterocycles. The molecule has 108 valence electrons. The maximum atomic E-state index is 5.96. The molecule has 0 fully saturated rings. The Balaban J connectivity index is 1.72. The van der Waals surface area contributed by atoms with Crippen LogP contribution in [0.3, 0.4) is 0 Å². The largest absolute Gasteiger partial charge is 0.410 e. The number of nitrogens with zero attached hydrogens (tertiary/aromatic N) is 3. The number of rotatable bonds is 4. The van der Waals surface area contributed by atoms with Crippen molar-refractivity contribution in [3.05, 3.63) is 45.6 Å². The van der Waals surface area contributed by atoms with Gasteiger partial charge in [-0.15, -0.1) is 21.5 Å². The van der Waals surface area contributed by atoms with Crippen LogP contribution in [0.2, 0.25) is 5.02 Å². The summed E-state index contributed by atoms with van der Waals surface area (Å²) in [6.45, 7) is 3.91. The molecule has 0 spiro atoms. The highest BCUT2D eigenvalue weighted by atomic mass is 35.5. The van der Waals surface area contributed by atoms with Gasteiger partial charge in [-0.2, -0.15) is 0 Å². The van der Waals surface area contributed by atoms with Crippen molar-refractivity contribution in [2.75, 3.05) is 0 Å². The van der Waals surface area contributed by atoms with Crippen LogP contribution in [-0.4, -0.2) is 15.2 Å². The summed E-state index contributed by atoms with van der Waals surface area (Å²) in [4.78, 5) is 5.31. The van der Waals surface area contributed by atoms with Crippen LogP contribution in [0.4, 0.5) is 0 Å². The van der Waals surface area contributed by atoms with Crippen molar-refractivity contribution in [3.63, 3.8) is 0 Å². The van der Waals surface area contributed by atoms with Gasteiger partial charge in [0.25, 0.3) is 11.1 Å². The van der Waals surface area contributed by atoms with Crippen LogP contribution in [0, 0.1) is 13.8 Å². The van der Waals surface area contributed by atoms with Gasteiger partial charge in [-0.25, -0.2) is 4.98 Å². The van der Waals surface area contributed by atoms with E-state index in [1.54, 1.807) is 11.3 Å². The second kappa shape index (κ2) is 6.17. The smallest absolute Gasteiger partial charge is 0.277 e. The molecule has 0 aliphatic carbocycles. The summed E-state index contributed by atoms with van der Waals surface area (Å²) in [6, 6.07) is 7.74. The molecule has 0 atom stereocenters. The van der Waals surface area contributed by atoms with E-state index < -0.39 is 0 Å². The van der Waals surface area contributed by atoms with Crippen LogP contribution in [0.25, 0.3) is 10.8 Å². The third-order valence-electron chi connectivity index (χ3n) is 2.76. The average molecular weight is 338 g/mol. The molecule has 0 radical (unpaired) electrons. The van der Waals surface area contributed by atoms with Gasteiger partial charge in [-0.05, 0) is 31.5 Å². The molecule has 3 rings (SSSR count). The topological polar surface area (TPSA) is 51.8 Å². The molecule has 0 aliphatic rings. The maximum Gasteiger partial charge on any atom is 0.277 e. The Bertz CT molecular complexity index is 769. The zero-order valence-corrected chi connectivity index (χ0v) is 13.8. The second-order valence-corrected chi connectivity index (χ2v) is 7.01. The molecule has 7 heteroatoms. The first-order valence-electron chi connectivity index (χ1n) is 6.27. The minimum absolute atomic E-state index is 0.534. The lowest BCUT2D eigenvalue weighted by Gasteiger charge is -1.98. The van der Waals surface area contributed by atoms with E-state index in [4.69, 9.17) is 16.0 Å².